The molecule has 0 saturated heterocycles. The summed E-state index contributed by atoms with van der Waals surface area (Å²) >= 11 is 0. The third kappa shape index (κ3) is 5.41. The Balaban J connectivity index is 1.79. The minimum Gasteiger partial charge on any atom is -0.494 e. The normalized spacial score (nSPS) is 11.0. The van der Waals surface area contributed by atoms with E-state index in [4.69, 9.17) is 4.74 Å². The largest absolute Gasteiger partial charge is 0.494 e. The van der Waals surface area contributed by atoms with Crippen molar-refractivity contribution in [2.75, 3.05) is 19.4 Å². The van der Waals surface area contributed by atoms with Crippen molar-refractivity contribution >= 4 is 15.7 Å². The second-order valence-electron chi connectivity index (χ2n) is 5.07. The van der Waals surface area contributed by atoms with Crippen LogP contribution < -0.4 is 10.1 Å². The second kappa shape index (κ2) is 7.78. The van der Waals surface area contributed by atoms with Crippen LogP contribution in [0.3, 0.4) is 0 Å². The van der Waals surface area contributed by atoms with Crippen molar-refractivity contribution in [2.24, 2.45) is 0 Å². The number of hydrogen-bond donors (Lipinski definition) is 1. The van der Waals surface area contributed by atoms with E-state index in [1.54, 1.807) is 12.1 Å². The number of rotatable bonds is 7. The average molecular weight is 333 g/mol. The molecule has 0 bridgehead atoms. The maximum absolute atomic E-state index is 12.0. The molecule has 0 heterocycles. The molecule has 0 aliphatic heterocycles. The molecule has 5 nitrogen and oxygen atoms in total. The molecule has 0 fully saturated rings. The van der Waals surface area contributed by atoms with Gasteiger partial charge < -0.3 is 10.1 Å². The number of sulfone groups is 1. The monoisotopic (exact) mass is 333 g/mol. The predicted octanol–water partition coefficient (Wildman–Crippen LogP) is 2.29. The lowest BCUT2D eigenvalue weighted by molar-refractivity contribution is 0.0951. The average Bonchev–Trinajstić information content (AvgIpc) is 2.54. The number of hydrogen-bond acceptors (Lipinski definition) is 4. The number of ether oxygens (including phenoxy) is 1. The molecular weight excluding hydrogens is 314 g/mol. The lowest BCUT2D eigenvalue weighted by atomic mass is 10.2. The Labute approximate surface area is 136 Å². The molecule has 2 aromatic rings. The van der Waals surface area contributed by atoms with E-state index in [0.717, 1.165) is 12.0 Å². The molecule has 1 amide bonds. The highest BCUT2D eigenvalue weighted by Crippen LogP contribution is 2.11. The highest BCUT2D eigenvalue weighted by Gasteiger charge is 2.11. The fourth-order valence-corrected chi connectivity index (χ4v) is 2.62. The van der Waals surface area contributed by atoms with E-state index < -0.39 is 9.84 Å². The minimum atomic E-state index is -3.32. The van der Waals surface area contributed by atoms with E-state index >= 15 is 0 Å². The Morgan fingerprint density at radius 2 is 1.83 bits per heavy atom. The van der Waals surface area contributed by atoms with Gasteiger partial charge >= 0.3 is 0 Å². The van der Waals surface area contributed by atoms with E-state index in [-0.39, 0.29) is 10.8 Å². The summed E-state index contributed by atoms with van der Waals surface area (Å²) in [6.07, 6.45) is 1.78. The first-order chi connectivity index (χ1) is 11.0. The van der Waals surface area contributed by atoms with Gasteiger partial charge in [0.2, 0.25) is 0 Å². The summed E-state index contributed by atoms with van der Waals surface area (Å²) in [5.41, 5.74) is 0.330. The molecule has 0 atom stereocenters. The number of benzene rings is 2. The lowest BCUT2D eigenvalue weighted by Gasteiger charge is -2.08. The van der Waals surface area contributed by atoms with Crippen LogP contribution in [0, 0.1) is 0 Å². The maximum Gasteiger partial charge on any atom is 0.251 e. The summed E-state index contributed by atoms with van der Waals surface area (Å²) < 4.78 is 28.5. The highest BCUT2D eigenvalue weighted by molar-refractivity contribution is 7.90. The number of carbonyl (C=O) groups is 1. The fourth-order valence-electron chi connectivity index (χ4n) is 1.95. The van der Waals surface area contributed by atoms with Crippen LogP contribution in [0.5, 0.6) is 5.75 Å². The Hall–Kier alpha value is -2.34. The lowest BCUT2D eigenvalue weighted by Crippen LogP contribution is -2.25. The molecule has 0 spiro atoms. The van der Waals surface area contributed by atoms with Gasteiger partial charge in [-0.25, -0.2) is 8.42 Å². The van der Waals surface area contributed by atoms with Gasteiger partial charge in [-0.2, -0.15) is 0 Å². The Morgan fingerprint density at radius 3 is 2.52 bits per heavy atom. The predicted molar refractivity (Wildman–Crippen MR) is 88.4 cm³/mol. The molecule has 2 aromatic carbocycles. The first kappa shape index (κ1) is 17.0. The molecule has 0 aliphatic carbocycles. The van der Waals surface area contributed by atoms with Crippen LogP contribution in [0.2, 0.25) is 0 Å². The molecule has 0 radical (unpaired) electrons. The van der Waals surface area contributed by atoms with E-state index in [9.17, 15) is 13.2 Å². The van der Waals surface area contributed by atoms with Gasteiger partial charge in [0.05, 0.1) is 11.5 Å². The highest BCUT2D eigenvalue weighted by atomic mass is 32.2. The summed E-state index contributed by atoms with van der Waals surface area (Å²) in [4.78, 5) is 12.1. The first-order valence-electron chi connectivity index (χ1n) is 7.23. The van der Waals surface area contributed by atoms with Crippen molar-refractivity contribution in [2.45, 2.75) is 11.3 Å². The van der Waals surface area contributed by atoms with E-state index in [0.29, 0.717) is 25.1 Å². The van der Waals surface area contributed by atoms with Crippen LogP contribution in [0.15, 0.2) is 59.5 Å². The van der Waals surface area contributed by atoms with Crippen LogP contribution >= 0.6 is 0 Å². The van der Waals surface area contributed by atoms with Gasteiger partial charge in [0.25, 0.3) is 5.91 Å². The summed E-state index contributed by atoms with van der Waals surface area (Å²) in [5.74, 6) is 0.495. The SMILES string of the molecule is CS(=O)(=O)c1cccc(C(=O)NCCCOc2ccccc2)c1. The smallest absolute Gasteiger partial charge is 0.251 e. The zero-order valence-corrected chi connectivity index (χ0v) is 13.7. The van der Waals surface area contributed by atoms with Crippen LogP contribution in [-0.2, 0) is 9.84 Å². The standard InChI is InChI=1S/C17H19NO4S/c1-23(20,21)16-10-5-7-14(13-16)17(19)18-11-6-12-22-15-8-3-2-4-9-15/h2-5,7-10,13H,6,11-12H2,1H3,(H,18,19). The third-order valence-corrected chi connectivity index (χ3v) is 4.25. The van der Waals surface area contributed by atoms with Gasteiger partial charge in [-0.1, -0.05) is 24.3 Å². The van der Waals surface area contributed by atoms with E-state index in [2.05, 4.69) is 5.32 Å². The minimum absolute atomic E-state index is 0.137. The number of carbonyl (C=O) groups excluding carboxylic acids is 1. The van der Waals surface area contributed by atoms with Gasteiger partial charge in [-0.3, -0.25) is 4.79 Å². The molecule has 0 saturated carbocycles. The van der Waals surface area contributed by atoms with E-state index in [1.807, 2.05) is 30.3 Å². The van der Waals surface area contributed by atoms with Crippen LogP contribution in [-0.4, -0.2) is 33.7 Å². The molecule has 122 valence electrons. The third-order valence-electron chi connectivity index (χ3n) is 3.14. The van der Waals surface area contributed by atoms with Crippen LogP contribution in [0.1, 0.15) is 16.8 Å². The molecule has 6 heteroatoms. The summed E-state index contributed by atoms with van der Waals surface area (Å²) in [6.45, 7) is 0.947. The topological polar surface area (TPSA) is 72.5 Å². The number of nitrogens with one attached hydrogen (secondary N) is 1. The van der Waals surface area contributed by atoms with Crippen molar-refractivity contribution in [1.82, 2.24) is 5.32 Å². The van der Waals surface area contributed by atoms with E-state index in [1.165, 1.54) is 12.1 Å². The molecule has 2 rings (SSSR count). The molecule has 23 heavy (non-hydrogen) atoms. The Morgan fingerprint density at radius 1 is 1.09 bits per heavy atom. The van der Waals surface area contributed by atoms with Gasteiger partial charge in [-0.15, -0.1) is 0 Å². The second-order valence-corrected chi connectivity index (χ2v) is 7.09. The number of para-hydroxylation sites is 1. The van der Waals surface area contributed by atoms with Gasteiger partial charge in [0.15, 0.2) is 9.84 Å². The van der Waals surface area contributed by atoms with Crippen molar-refractivity contribution < 1.29 is 17.9 Å². The molecule has 1 N–H and O–H groups in total. The summed E-state index contributed by atoms with van der Waals surface area (Å²) in [6, 6.07) is 15.4. The molecule has 0 aromatic heterocycles. The van der Waals surface area contributed by atoms with Crippen molar-refractivity contribution in [3.05, 3.63) is 60.2 Å². The zero-order valence-electron chi connectivity index (χ0n) is 12.9. The van der Waals surface area contributed by atoms with Crippen LogP contribution in [0.4, 0.5) is 0 Å². The van der Waals surface area contributed by atoms with Crippen molar-refractivity contribution in [3.63, 3.8) is 0 Å². The van der Waals surface area contributed by atoms with Gasteiger partial charge in [0.1, 0.15) is 5.75 Å². The molecule has 0 unspecified atom stereocenters. The molecule has 0 aliphatic rings. The summed E-state index contributed by atoms with van der Waals surface area (Å²) in [7, 11) is -3.32. The first-order valence-corrected chi connectivity index (χ1v) is 9.12. The zero-order chi connectivity index (χ0) is 16.7. The molecular formula is C17H19NO4S. The fraction of sp³-hybridized carbons (Fsp3) is 0.235. The Kier molecular flexibility index (Phi) is 5.76. The maximum atomic E-state index is 12.0. The van der Waals surface area contributed by atoms with Gasteiger partial charge in [-0.05, 0) is 36.8 Å². The Bertz CT molecular complexity index is 757. The number of amides is 1. The quantitative estimate of drug-likeness (QED) is 0.789. The summed E-state index contributed by atoms with van der Waals surface area (Å²) in [5, 5.41) is 2.75. The van der Waals surface area contributed by atoms with Crippen molar-refractivity contribution in [3.8, 4) is 5.75 Å². The van der Waals surface area contributed by atoms with Gasteiger partial charge in [0, 0.05) is 18.4 Å². The van der Waals surface area contributed by atoms with Crippen LogP contribution in [0.25, 0.3) is 0 Å². The van der Waals surface area contributed by atoms with Crippen molar-refractivity contribution in [1.29, 1.82) is 0 Å².